The van der Waals surface area contributed by atoms with Gasteiger partial charge in [0.2, 0.25) is 5.88 Å². The van der Waals surface area contributed by atoms with E-state index in [4.69, 9.17) is 16.9 Å². The second kappa shape index (κ2) is 9.09. The molecule has 0 saturated carbocycles. The highest BCUT2D eigenvalue weighted by Gasteiger charge is 2.45. The van der Waals surface area contributed by atoms with Crippen LogP contribution in [-0.4, -0.2) is 32.3 Å². The highest BCUT2D eigenvalue weighted by Crippen LogP contribution is 2.46. The number of carbonyl (C=O) groups is 1. The maximum Gasteiger partial charge on any atom is 0.233 e. The fourth-order valence-corrected chi connectivity index (χ4v) is 4.68. The lowest BCUT2D eigenvalue weighted by Crippen LogP contribution is -2.44. The molecule has 2 heterocycles. The Morgan fingerprint density at radius 3 is 2.75 bits per heavy atom. The Balaban J connectivity index is 1.94. The number of benzene rings is 1. The zero-order valence-electron chi connectivity index (χ0n) is 17.9. The van der Waals surface area contributed by atoms with Crippen LogP contribution in [0.4, 0.5) is 8.78 Å². The first-order valence-electron chi connectivity index (χ1n) is 9.67. The van der Waals surface area contributed by atoms with Crippen molar-refractivity contribution in [3.05, 3.63) is 53.2 Å². The zero-order valence-corrected chi connectivity index (χ0v) is 18.7. The number of terminal acetylenes is 1. The van der Waals surface area contributed by atoms with Crippen molar-refractivity contribution in [2.75, 3.05) is 6.61 Å². The van der Waals surface area contributed by atoms with Gasteiger partial charge in [-0.05, 0) is 51.0 Å². The number of rotatable bonds is 6. The van der Waals surface area contributed by atoms with Gasteiger partial charge >= 0.3 is 0 Å². The lowest BCUT2D eigenvalue weighted by atomic mass is 9.81. The summed E-state index contributed by atoms with van der Waals surface area (Å²) in [5.41, 5.74) is 5.49. The van der Waals surface area contributed by atoms with E-state index in [0.717, 1.165) is 0 Å². The predicted octanol–water partition coefficient (Wildman–Crippen LogP) is 4.11. The van der Waals surface area contributed by atoms with Gasteiger partial charge in [-0.25, -0.2) is 18.7 Å². The van der Waals surface area contributed by atoms with E-state index < -0.39 is 21.9 Å². The maximum absolute atomic E-state index is 14.8. The molecule has 2 atom stereocenters. The molecule has 0 amide bonds. The number of aliphatic imine (C=N–C) groups is 1. The first kappa shape index (κ1) is 23.4. The van der Waals surface area contributed by atoms with Crippen LogP contribution in [0.3, 0.4) is 0 Å². The summed E-state index contributed by atoms with van der Waals surface area (Å²) in [6.45, 7) is 4.97. The third kappa shape index (κ3) is 4.97. The van der Waals surface area contributed by atoms with Gasteiger partial charge in [0.15, 0.2) is 17.6 Å². The summed E-state index contributed by atoms with van der Waals surface area (Å²) in [6.07, 6.45) is 9.05. The molecule has 9 heteroatoms. The highest BCUT2D eigenvalue weighted by atomic mass is 32.2. The van der Waals surface area contributed by atoms with Crippen LogP contribution >= 0.6 is 11.8 Å². The molecular weight excluding hydrogens is 434 g/mol. The van der Waals surface area contributed by atoms with Crippen LogP contribution in [0.5, 0.6) is 5.88 Å². The molecule has 1 aromatic heterocycles. The van der Waals surface area contributed by atoms with Gasteiger partial charge in [0.1, 0.15) is 17.3 Å². The first-order valence-corrected chi connectivity index (χ1v) is 10.5. The molecule has 1 aliphatic heterocycles. The van der Waals surface area contributed by atoms with E-state index in [0.29, 0.717) is 5.56 Å². The minimum atomic E-state index is -1.09. The Kier molecular flexibility index (Phi) is 6.65. The van der Waals surface area contributed by atoms with Gasteiger partial charge in [0, 0.05) is 5.56 Å². The number of carbonyl (C=O) groups excluding carboxylic acids is 1. The van der Waals surface area contributed by atoms with E-state index in [-0.39, 0.29) is 41.1 Å². The smallest absolute Gasteiger partial charge is 0.233 e. The standard InChI is InChI=1S/C23H22F2N4O2S/c1-5-8-31-20-12-27-19(11-28-20)18(25)10-15-6-7-17(24)16(9-15)22(3)13-23(4,14(2)30)32-21(26)29-22/h1,6-7,9-12H,8,13H2,2-4H3,(H2,26,29)/b18-10-/t22-,23+/m0/s1. The third-order valence-corrected chi connectivity index (χ3v) is 6.34. The number of aromatic nitrogens is 2. The fourth-order valence-electron chi connectivity index (χ4n) is 3.48. The van der Waals surface area contributed by atoms with Gasteiger partial charge in [-0.3, -0.25) is 9.79 Å². The van der Waals surface area contributed by atoms with Crippen LogP contribution in [0.25, 0.3) is 11.9 Å². The van der Waals surface area contributed by atoms with Crippen molar-refractivity contribution < 1.29 is 18.3 Å². The van der Waals surface area contributed by atoms with E-state index >= 15 is 0 Å². The van der Waals surface area contributed by atoms with Crippen LogP contribution in [0.1, 0.15) is 44.0 Å². The molecule has 3 rings (SSSR count). The van der Waals surface area contributed by atoms with E-state index in [1.807, 2.05) is 0 Å². The Morgan fingerprint density at radius 2 is 2.12 bits per heavy atom. The SMILES string of the molecule is C#CCOc1cnc(/C(F)=C/c2ccc(F)c([C@]3(C)C[C@](C)(C(C)=O)SC(N)=N3)c2)cn1. The van der Waals surface area contributed by atoms with E-state index in [9.17, 15) is 13.6 Å². The summed E-state index contributed by atoms with van der Waals surface area (Å²) in [6, 6.07) is 4.18. The largest absolute Gasteiger partial charge is 0.463 e. The molecule has 6 nitrogen and oxygen atoms in total. The number of nitrogens with two attached hydrogens (primary N) is 1. The molecule has 166 valence electrons. The quantitative estimate of drug-likeness (QED) is 0.658. The molecule has 0 spiro atoms. The molecule has 0 radical (unpaired) electrons. The number of Topliss-reactive ketones (excluding diaryl/α,β-unsaturated/α-hetero) is 1. The summed E-state index contributed by atoms with van der Waals surface area (Å²) >= 11 is 1.17. The van der Waals surface area contributed by atoms with Gasteiger partial charge in [-0.1, -0.05) is 23.7 Å². The van der Waals surface area contributed by atoms with E-state index in [1.165, 1.54) is 55.4 Å². The average molecular weight is 457 g/mol. The van der Waals surface area contributed by atoms with E-state index in [2.05, 4.69) is 20.9 Å². The molecular formula is C23H22F2N4O2S. The Bertz CT molecular complexity index is 1140. The number of ether oxygens (including phenoxy) is 1. The number of thioether (sulfide) groups is 1. The van der Waals surface area contributed by atoms with Crippen LogP contribution in [0.2, 0.25) is 0 Å². The third-order valence-electron chi connectivity index (χ3n) is 5.15. The second-order valence-corrected chi connectivity index (χ2v) is 9.28. The van der Waals surface area contributed by atoms with Crippen molar-refractivity contribution in [2.24, 2.45) is 10.7 Å². The molecule has 2 N–H and O–H groups in total. The van der Waals surface area contributed by atoms with Crippen LogP contribution in [0.15, 0.2) is 35.6 Å². The van der Waals surface area contributed by atoms with Crippen molar-refractivity contribution in [1.82, 2.24) is 9.97 Å². The van der Waals surface area contributed by atoms with Crippen molar-refractivity contribution in [2.45, 2.75) is 37.5 Å². The molecule has 1 aliphatic rings. The monoisotopic (exact) mass is 456 g/mol. The van der Waals surface area contributed by atoms with Gasteiger partial charge in [-0.2, -0.15) is 0 Å². The van der Waals surface area contributed by atoms with Crippen LogP contribution < -0.4 is 10.5 Å². The molecule has 32 heavy (non-hydrogen) atoms. The predicted molar refractivity (Wildman–Crippen MR) is 122 cm³/mol. The fraction of sp³-hybridized carbons (Fsp3) is 0.304. The number of hydrogen-bond acceptors (Lipinski definition) is 7. The average Bonchev–Trinajstić information content (AvgIpc) is 2.73. The summed E-state index contributed by atoms with van der Waals surface area (Å²) < 4.78 is 33.9. The summed E-state index contributed by atoms with van der Waals surface area (Å²) in [5, 5.41) is 0.199. The molecule has 1 aromatic carbocycles. The molecule has 0 bridgehead atoms. The Morgan fingerprint density at radius 1 is 1.38 bits per heavy atom. The second-order valence-electron chi connectivity index (χ2n) is 7.75. The van der Waals surface area contributed by atoms with Crippen LogP contribution in [0, 0.1) is 18.2 Å². The molecule has 2 aromatic rings. The minimum Gasteiger partial charge on any atom is -0.463 e. The first-order chi connectivity index (χ1) is 15.1. The Labute approximate surface area is 189 Å². The molecule has 0 unspecified atom stereocenters. The number of halogens is 2. The molecule has 0 fully saturated rings. The summed E-state index contributed by atoms with van der Waals surface area (Å²) in [5.74, 6) is 1.21. The molecule has 0 saturated heterocycles. The Hall–Kier alpha value is -3.25. The van der Waals surface area contributed by atoms with Crippen molar-refractivity contribution in [3.8, 4) is 18.2 Å². The zero-order chi connectivity index (χ0) is 23.5. The van der Waals surface area contributed by atoms with Gasteiger partial charge in [-0.15, -0.1) is 6.42 Å². The lowest BCUT2D eigenvalue weighted by molar-refractivity contribution is -0.119. The molecule has 0 aliphatic carbocycles. The minimum absolute atomic E-state index is 0.0179. The normalized spacial score (nSPS) is 23.2. The van der Waals surface area contributed by atoms with Gasteiger partial charge in [0.05, 0.1) is 22.7 Å². The maximum atomic E-state index is 14.8. The highest BCUT2D eigenvalue weighted by molar-refractivity contribution is 8.15. The van der Waals surface area contributed by atoms with Crippen molar-refractivity contribution in [1.29, 1.82) is 0 Å². The lowest BCUT2D eigenvalue weighted by Gasteiger charge is -2.39. The summed E-state index contributed by atoms with van der Waals surface area (Å²) in [4.78, 5) is 24.6. The summed E-state index contributed by atoms with van der Waals surface area (Å²) in [7, 11) is 0. The van der Waals surface area contributed by atoms with E-state index in [1.54, 1.807) is 13.8 Å². The topological polar surface area (TPSA) is 90.5 Å². The van der Waals surface area contributed by atoms with Crippen molar-refractivity contribution >= 4 is 34.6 Å². The van der Waals surface area contributed by atoms with Crippen LogP contribution in [-0.2, 0) is 10.3 Å². The van der Waals surface area contributed by atoms with Gasteiger partial charge < -0.3 is 10.5 Å². The number of hydrogen-bond donors (Lipinski definition) is 1. The van der Waals surface area contributed by atoms with Gasteiger partial charge in [0.25, 0.3) is 0 Å². The number of nitrogens with zero attached hydrogens (tertiary/aromatic N) is 3. The number of ketones is 1. The van der Waals surface area contributed by atoms with Crippen molar-refractivity contribution in [3.63, 3.8) is 0 Å². The number of amidine groups is 1.